The van der Waals surface area contributed by atoms with Crippen molar-refractivity contribution >= 4 is 5.78 Å². The lowest BCUT2D eigenvalue weighted by atomic mass is 9.94. The van der Waals surface area contributed by atoms with Crippen molar-refractivity contribution in [3.63, 3.8) is 0 Å². The maximum Gasteiger partial charge on any atom is 0.155 e. The molecule has 0 bridgehead atoms. The summed E-state index contributed by atoms with van der Waals surface area (Å²) in [6.07, 6.45) is 8.74. The molecule has 0 spiro atoms. The number of hydrogen-bond donors (Lipinski definition) is 0. The Balaban J connectivity index is 2.43. The Morgan fingerprint density at radius 2 is 2.00 bits per heavy atom. The van der Waals surface area contributed by atoms with Gasteiger partial charge >= 0.3 is 0 Å². The number of rotatable bonds is 2. The Hall–Kier alpha value is -0.590. The molecule has 0 aromatic rings. The van der Waals surface area contributed by atoms with Crippen molar-refractivity contribution in [2.24, 2.45) is 0 Å². The van der Waals surface area contributed by atoms with Crippen LogP contribution in [0.5, 0.6) is 0 Å². The topological polar surface area (TPSA) is 17.1 Å². The summed E-state index contributed by atoms with van der Waals surface area (Å²) in [7, 11) is 0. The minimum Gasteiger partial charge on any atom is -0.295 e. The molecule has 1 aliphatic rings. The van der Waals surface area contributed by atoms with Crippen LogP contribution in [-0.4, -0.2) is 5.78 Å². The van der Waals surface area contributed by atoms with E-state index in [9.17, 15) is 4.79 Å². The van der Waals surface area contributed by atoms with Crippen molar-refractivity contribution in [2.45, 2.75) is 45.4 Å². The lowest BCUT2D eigenvalue weighted by Crippen LogP contribution is -1.97. The van der Waals surface area contributed by atoms with Crippen molar-refractivity contribution in [3.05, 3.63) is 11.6 Å². The van der Waals surface area contributed by atoms with Crippen LogP contribution in [0.3, 0.4) is 0 Å². The standard InChI is InChI=1S/C10H16O/c1-2-10(11)8-9-6-4-3-5-7-9/h8H,2-7H2,1H3. The van der Waals surface area contributed by atoms with Gasteiger partial charge in [0.1, 0.15) is 0 Å². The van der Waals surface area contributed by atoms with Crippen LogP contribution in [0, 0.1) is 0 Å². The average Bonchev–Trinajstić information content (AvgIpc) is 2.06. The third kappa shape index (κ3) is 2.87. The molecule has 0 atom stereocenters. The molecule has 0 aliphatic heterocycles. The highest BCUT2D eigenvalue weighted by atomic mass is 16.1. The van der Waals surface area contributed by atoms with Gasteiger partial charge in [-0.3, -0.25) is 4.79 Å². The van der Waals surface area contributed by atoms with Gasteiger partial charge in [0.05, 0.1) is 0 Å². The maximum absolute atomic E-state index is 11.0. The van der Waals surface area contributed by atoms with Gasteiger partial charge in [0.25, 0.3) is 0 Å². The van der Waals surface area contributed by atoms with Gasteiger partial charge in [-0.25, -0.2) is 0 Å². The van der Waals surface area contributed by atoms with E-state index in [1.807, 2.05) is 13.0 Å². The number of ketones is 1. The summed E-state index contributed by atoms with van der Waals surface area (Å²) in [5.41, 5.74) is 1.38. The molecule has 1 heteroatoms. The van der Waals surface area contributed by atoms with Crippen LogP contribution in [0.2, 0.25) is 0 Å². The van der Waals surface area contributed by atoms with Crippen molar-refractivity contribution in [2.75, 3.05) is 0 Å². The highest BCUT2D eigenvalue weighted by Crippen LogP contribution is 2.22. The first-order valence-electron chi connectivity index (χ1n) is 4.55. The second-order valence-electron chi connectivity index (χ2n) is 3.18. The van der Waals surface area contributed by atoms with E-state index in [4.69, 9.17) is 0 Å². The van der Waals surface area contributed by atoms with Crippen molar-refractivity contribution in [3.8, 4) is 0 Å². The zero-order chi connectivity index (χ0) is 8.10. The van der Waals surface area contributed by atoms with E-state index < -0.39 is 0 Å². The fourth-order valence-corrected chi connectivity index (χ4v) is 1.48. The van der Waals surface area contributed by atoms with E-state index in [2.05, 4.69) is 0 Å². The van der Waals surface area contributed by atoms with Gasteiger partial charge in [-0.1, -0.05) is 18.9 Å². The summed E-state index contributed by atoms with van der Waals surface area (Å²) in [5, 5.41) is 0. The summed E-state index contributed by atoms with van der Waals surface area (Å²) >= 11 is 0. The summed E-state index contributed by atoms with van der Waals surface area (Å²) < 4.78 is 0. The number of carbonyl (C=O) groups excluding carboxylic acids is 1. The number of allylic oxidation sites excluding steroid dienone is 2. The minimum atomic E-state index is 0.293. The number of hydrogen-bond acceptors (Lipinski definition) is 1. The van der Waals surface area contributed by atoms with Gasteiger partial charge in [-0.2, -0.15) is 0 Å². The van der Waals surface area contributed by atoms with Crippen LogP contribution in [0.4, 0.5) is 0 Å². The van der Waals surface area contributed by atoms with Crippen molar-refractivity contribution < 1.29 is 4.79 Å². The molecule has 1 rings (SSSR count). The Labute approximate surface area is 68.5 Å². The van der Waals surface area contributed by atoms with Crippen LogP contribution in [-0.2, 0) is 4.79 Å². The fourth-order valence-electron chi connectivity index (χ4n) is 1.48. The maximum atomic E-state index is 11.0. The first-order valence-corrected chi connectivity index (χ1v) is 4.55. The molecule has 0 heterocycles. The summed E-state index contributed by atoms with van der Waals surface area (Å²) in [5.74, 6) is 0.293. The molecule has 62 valence electrons. The smallest absolute Gasteiger partial charge is 0.155 e. The zero-order valence-electron chi connectivity index (χ0n) is 7.23. The lowest BCUT2D eigenvalue weighted by molar-refractivity contribution is -0.114. The summed E-state index contributed by atoms with van der Waals surface area (Å²) in [4.78, 5) is 11.0. The molecule has 1 nitrogen and oxygen atoms in total. The highest BCUT2D eigenvalue weighted by Gasteiger charge is 2.05. The van der Waals surface area contributed by atoms with Crippen LogP contribution >= 0.6 is 0 Å². The van der Waals surface area contributed by atoms with E-state index >= 15 is 0 Å². The molecule has 1 aliphatic carbocycles. The van der Waals surface area contributed by atoms with E-state index in [-0.39, 0.29) is 0 Å². The molecular weight excluding hydrogens is 136 g/mol. The Kier molecular flexibility index (Phi) is 3.34. The molecule has 0 saturated heterocycles. The van der Waals surface area contributed by atoms with E-state index in [1.165, 1.54) is 24.8 Å². The second kappa shape index (κ2) is 4.32. The molecule has 0 radical (unpaired) electrons. The normalized spacial score (nSPS) is 18.1. The van der Waals surface area contributed by atoms with Gasteiger partial charge in [-0.05, 0) is 31.8 Å². The molecule has 0 unspecified atom stereocenters. The van der Waals surface area contributed by atoms with Crippen LogP contribution < -0.4 is 0 Å². The number of carbonyl (C=O) groups is 1. The predicted octanol–water partition coefficient (Wildman–Crippen LogP) is 2.86. The van der Waals surface area contributed by atoms with E-state index in [0.29, 0.717) is 12.2 Å². The van der Waals surface area contributed by atoms with Gasteiger partial charge in [0, 0.05) is 6.42 Å². The Morgan fingerprint density at radius 3 is 2.55 bits per heavy atom. The van der Waals surface area contributed by atoms with Gasteiger partial charge in [-0.15, -0.1) is 0 Å². The monoisotopic (exact) mass is 152 g/mol. The largest absolute Gasteiger partial charge is 0.295 e. The molecule has 0 N–H and O–H groups in total. The van der Waals surface area contributed by atoms with Gasteiger partial charge < -0.3 is 0 Å². The molecule has 0 aromatic heterocycles. The highest BCUT2D eigenvalue weighted by molar-refractivity contribution is 5.89. The first-order chi connectivity index (χ1) is 5.33. The Bertz CT molecular complexity index is 160. The van der Waals surface area contributed by atoms with Crippen molar-refractivity contribution in [1.82, 2.24) is 0 Å². The third-order valence-corrected chi connectivity index (χ3v) is 2.21. The molecule has 0 aromatic carbocycles. The molecule has 1 fully saturated rings. The van der Waals surface area contributed by atoms with Crippen LogP contribution in [0.25, 0.3) is 0 Å². The molecule has 1 saturated carbocycles. The SMILES string of the molecule is CCC(=O)C=C1CCCCC1. The van der Waals surface area contributed by atoms with Crippen LogP contribution in [0.15, 0.2) is 11.6 Å². The van der Waals surface area contributed by atoms with Gasteiger partial charge in [0.2, 0.25) is 0 Å². The quantitative estimate of drug-likeness (QED) is 0.556. The Morgan fingerprint density at radius 1 is 1.36 bits per heavy atom. The van der Waals surface area contributed by atoms with Gasteiger partial charge in [0.15, 0.2) is 5.78 Å². The molecule has 11 heavy (non-hydrogen) atoms. The first kappa shape index (κ1) is 8.51. The summed E-state index contributed by atoms with van der Waals surface area (Å²) in [6.45, 7) is 1.92. The minimum absolute atomic E-state index is 0.293. The fraction of sp³-hybridized carbons (Fsp3) is 0.700. The van der Waals surface area contributed by atoms with Crippen molar-refractivity contribution in [1.29, 1.82) is 0 Å². The predicted molar refractivity (Wildman–Crippen MR) is 46.5 cm³/mol. The summed E-state index contributed by atoms with van der Waals surface area (Å²) in [6, 6.07) is 0. The second-order valence-corrected chi connectivity index (χ2v) is 3.18. The zero-order valence-corrected chi connectivity index (χ0v) is 7.23. The average molecular weight is 152 g/mol. The van der Waals surface area contributed by atoms with E-state index in [0.717, 1.165) is 12.8 Å². The molecular formula is C10H16O. The molecule has 0 amide bonds. The van der Waals surface area contributed by atoms with Crippen LogP contribution in [0.1, 0.15) is 45.4 Å². The van der Waals surface area contributed by atoms with E-state index in [1.54, 1.807) is 0 Å². The lowest BCUT2D eigenvalue weighted by Gasteiger charge is -2.12. The third-order valence-electron chi connectivity index (χ3n) is 2.21.